The molecule has 0 radical (unpaired) electrons. The predicted octanol–water partition coefficient (Wildman–Crippen LogP) is 3.44. The van der Waals surface area contributed by atoms with Gasteiger partial charge in [-0.25, -0.2) is 9.97 Å². The molecule has 0 fully saturated rings. The summed E-state index contributed by atoms with van der Waals surface area (Å²) >= 11 is 0. The number of nitrogens with zero attached hydrogens (tertiary/aromatic N) is 2. The summed E-state index contributed by atoms with van der Waals surface area (Å²) in [6.45, 7) is 1.74. The average molecular weight is 323 g/mol. The smallest absolute Gasteiger partial charge is 0.145 e. The fourth-order valence-electron chi connectivity index (χ4n) is 2.31. The molecule has 0 spiro atoms. The molecule has 0 saturated carbocycles. The van der Waals surface area contributed by atoms with Crippen molar-refractivity contribution >= 4 is 28.2 Å². The van der Waals surface area contributed by atoms with E-state index in [4.69, 9.17) is 4.74 Å². The topological polar surface area (TPSA) is 84.3 Å². The molecular formula is C18H17N3O3. The van der Waals surface area contributed by atoms with Crippen LogP contribution in [0.1, 0.15) is 13.3 Å². The van der Waals surface area contributed by atoms with Gasteiger partial charge in [0, 0.05) is 24.2 Å². The minimum Gasteiger partial charge on any atom is -0.508 e. The molecule has 2 aromatic carbocycles. The number of aromatic hydroxyl groups is 1. The van der Waals surface area contributed by atoms with Crippen LogP contribution in [0, 0.1) is 0 Å². The highest BCUT2D eigenvalue weighted by Gasteiger charge is 2.13. The van der Waals surface area contributed by atoms with Crippen molar-refractivity contribution in [1.29, 1.82) is 0 Å². The zero-order valence-corrected chi connectivity index (χ0v) is 13.2. The number of phenolic OH excluding ortho intramolecular Hbond substituents is 1. The van der Waals surface area contributed by atoms with Crippen LogP contribution in [0.5, 0.6) is 11.5 Å². The Hall–Kier alpha value is -3.15. The van der Waals surface area contributed by atoms with Crippen molar-refractivity contribution in [3.63, 3.8) is 0 Å². The molecule has 1 aromatic heterocycles. The van der Waals surface area contributed by atoms with Crippen LogP contribution in [-0.4, -0.2) is 27.5 Å². The van der Waals surface area contributed by atoms with Gasteiger partial charge in [0.1, 0.15) is 29.4 Å². The van der Waals surface area contributed by atoms with Crippen molar-refractivity contribution in [2.45, 2.75) is 13.3 Å². The summed E-state index contributed by atoms with van der Waals surface area (Å²) in [5.74, 6) is 1.09. The van der Waals surface area contributed by atoms with Gasteiger partial charge in [-0.2, -0.15) is 0 Å². The van der Waals surface area contributed by atoms with Gasteiger partial charge in [-0.3, -0.25) is 4.79 Å². The maximum Gasteiger partial charge on any atom is 0.145 e. The van der Waals surface area contributed by atoms with Crippen LogP contribution < -0.4 is 10.1 Å². The van der Waals surface area contributed by atoms with Crippen LogP contribution >= 0.6 is 0 Å². The van der Waals surface area contributed by atoms with E-state index in [1.165, 1.54) is 19.3 Å². The predicted molar refractivity (Wildman–Crippen MR) is 91.7 cm³/mol. The average Bonchev–Trinajstić information content (AvgIpc) is 2.55. The molecule has 0 unspecified atom stereocenters. The second kappa shape index (κ2) is 6.95. The molecule has 6 heteroatoms. The highest BCUT2D eigenvalue weighted by atomic mass is 16.5. The number of carbonyl (C=O) groups excluding carboxylic acids is 1. The highest BCUT2D eigenvalue weighted by Crippen LogP contribution is 2.34. The molecule has 1 heterocycles. The number of hydrogen-bond donors (Lipinski definition) is 2. The van der Waals surface area contributed by atoms with E-state index in [0.29, 0.717) is 28.9 Å². The second-order valence-corrected chi connectivity index (χ2v) is 5.35. The quantitative estimate of drug-likeness (QED) is 0.723. The molecule has 0 atom stereocenters. The lowest BCUT2D eigenvalue weighted by atomic mass is 10.2. The largest absolute Gasteiger partial charge is 0.508 e. The Labute approximate surface area is 139 Å². The molecule has 0 amide bonds. The van der Waals surface area contributed by atoms with Gasteiger partial charge in [-0.05, 0) is 19.1 Å². The van der Waals surface area contributed by atoms with Crippen molar-refractivity contribution in [1.82, 2.24) is 9.97 Å². The number of Topliss-reactive ketones (excluding diaryl/α,β-unsaturated/α-hetero) is 1. The molecule has 0 saturated heterocycles. The fraction of sp³-hybridized carbons (Fsp3) is 0.167. The zero-order valence-electron chi connectivity index (χ0n) is 13.2. The van der Waals surface area contributed by atoms with Gasteiger partial charge in [0.25, 0.3) is 0 Å². The lowest BCUT2D eigenvalue weighted by Gasteiger charge is -2.13. The summed E-state index contributed by atoms with van der Waals surface area (Å²) in [5, 5.41) is 13.8. The second-order valence-electron chi connectivity index (χ2n) is 5.35. The maximum absolute atomic E-state index is 11.1. The first-order valence-corrected chi connectivity index (χ1v) is 7.55. The number of ketones is 1. The third-order valence-corrected chi connectivity index (χ3v) is 3.43. The molecule has 0 bridgehead atoms. The summed E-state index contributed by atoms with van der Waals surface area (Å²) in [4.78, 5) is 19.6. The number of phenols is 1. The Morgan fingerprint density at radius 3 is 2.75 bits per heavy atom. The van der Waals surface area contributed by atoms with E-state index in [1.807, 2.05) is 30.3 Å². The molecule has 3 rings (SSSR count). The van der Waals surface area contributed by atoms with Gasteiger partial charge in [-0.15, -0.1) is 0 Å². The Morgan fingerprint density at radius 1 is 1.21 bits per heavy atom. The number of nitrogens with one attached hydrogen (secondary N) is 1. The van der Waals surface area contributed by atoms with Gasteiger partial charge < -0.3 is 15.2 Å². The maximum atomic E-state index is 11.1. The van der Waals surface area contributed by atoms with E-state index in [9.17, 15) is 9.90 Å². The number of benzene rings is 2. The molecule has 0 aliphatic carbocycles. The van der Waals surface area contributed by atoms with Crippen LogP contribution in [-0.2, 0) is 4.79 Å². The molecule has 0 aliphatic heterocycles. The Bertz CT molecular complexity index is 866. The normalized spacial score (nSPS) is 10.5. The van der Waals surface area contributed by atoms with Crippen LogP contribution in [0.25, 0.3) is 10.9 Å². The Kier molecular flexibility index (Phi) is 4.56. The Balaban J connectivity index is 2.01. The highest BCUT2D eigenvalue weighted by molar-refractivity contribution is 5.96. The molecule has 3 aromatic rings. The van der Waals surface area contributed by atoms with Crippen LogP contribution in [0.15, 0.2) is 48.8 Å². The van der Waals surface area contributed by atoms with Gasteiger partial charge >= 0.3 is 0 Å². The van der Waals surface area contributed by atoms with Crippen molar-refractivity contribution in [3.05, 3.63) is 48.8 Å². The monoisotopic (exact) mass is 323 g/mol. The molecule has 6 nitrogen and oxygen atoms in total. The number of ether oxygens (including phenoxy) is 1. The van der Waals surface area contributed by atoms with Crippen LogP contribution in [0.2, 0.25) is 0 Å². The molecule has 122 valence electrons. The third-order valence-electron chi connectivity index (χ3n) is 3.43. The number of anilines is 2. The van der Waals surface area contributed by atoms with Crippen molar-refractivity contribution in [2.24, 2.45) is 0 Å². The summed E-state index contributed by atoms with van der Waals surface area (Å²) in [6, 6.07) is 12.7. The standard InChI is InChI=1S/C18H17N3O3/c1-12(22)7-8-24-16-10-14(23)9-15-17(16)18(20-11-19-15)21-13-5-3-2-4-6-13/h2-6,9-11,23H,7-8H2,1H3,(H,19,20,21). The van der Waals surface area contributed by atoms with Crippen molar-refractivity contribution in [3.8, 4) is 11.5 Å². The van der Waals surface area contributed by atoms with Crippen molar-refractivity contribution in [2.75, 3.05) is 11.9 Å². The lowest BCUT2D eigenvalue weighted by Crippen LogP contribution is -2.04. The number of hydrogen-bond acceptors (Lipinski definition) is 6. The minimum atomic E-state index is 0.0401. The van der Waals surface area contributed by atoms with E-state index in [1.54, 1.807) is 6.07 Å². The fourth-order valence-corrected chi connectivity index (χ4v) is 2.31. The molecule has 0 aliphatic rings. The van der Waals surface area contributed by atoms with Gasteiger partial charge in [-0.1, -0.05) is 18.2 Å². The molecular weight excluding hydrogens is 306 g/mol. The Morgan fingerprint density at radius 2 is 2.00 bits per heavy atom. The van der Waals surface area contributed by atoms with E-state index in [2.05, 4.69) is 15.3 Å². The van der Waals surface area contributed by atoms with Crippen LogP contribution in [0.3, 0.4) is 0 Å². The van der Waals surface area contributed by atoms with Gasteiger partial charge in [0.15, 0.2) is 0 Å². The SMILES string of the molecule is CC(=O)CCOc1cc(O)cc2ncnc(Nc3ccccc3)c12. The summed E-state index contributed by atoms with van der Waals surface area (Å²) in [6.07, 6.45) is 1.72. The van der Waals surface area contributed by atoms with E-state index < -0.39 is 0 Å². The zero-order chi connectivity index (χ0) is 16.9. The number of aromatic nitrogens is 2. The van der Waals surface area contributed by atoms with E-state index in [-0.39, 0.29) is 18.1 Å². The molecule has 24 heavy (non-hydrogen) atoms. The first kappa shape index (κ1) is 15.7. The number of carbonyl (C=O) groups is 1. The molecule has 2 N–H and O–H groups in total. The van der Waals surface area contributed by atoms with Crippen molar-refractivity contribution < 1.29 is 14.6 Å². The number of rotatable bonds is 6. The van der Waals surface area contributed by atoms with E-state index in [0.717, 1.165) is 5.69 Å². The summed E-state index contributed by atoms with van der Waals surface area (Å²) in [7, 11) is 0. The van der Waals surface area contributed by atoms with Crippen LogP contribution in [0.4, 0.5) is 11.5 Å². The first-order valence-electron chi connectivity index (χ1n) is 7.55. The summed E-state index contributed by atoms with van der Waals surface area (Å²) in [5.41, 5.74) is 1.43. The van der Waals surface area contributed by atoms with Gasteiger partial charge in [0.05, 0.1) is 17.5 Å². The van der Waals surface area contributed by atoms with Gasteiger partial charge in [0.2, 0.25) is 0 Å². The lowest BCUT2D eigenvalue weighted by molar-refractivity contribution is -0.117. The summed E-state index contributed by atoms with van der Waals surface area (Å²) < 4.78 is 5.69. The van der Waals surface area contributed by atoms with E-state index >= 15 is 0 Å². The third kappa shape index (κ3) is 3.60. The minimum absolute atomic E-state index is 0.0401. The first-order chi connectivity index (χ1) is 11.6. The number of fused-ring (bicyclic) bond motifs is 1. The number of para-hydroxylation sites is 1.